The smallest absolute Gasteiger partial charge is 0.0159 e. The number of benzene rings is 8. The van der Waals surface area contributed by atoms with Crippen LogP contribution in [0.25, 0.3) is 88.6 Å². The maximum atomic E-state index is 3.90. The molecule has 0 N–H and O–H groups in total. The molecule has 0 spiro atoms. The molecule has 0 unspecified atom stereocenters. The Hall–Kier alpha value is -5.98. The maximum absolute atomic E-state index is 3.90. The number of hydrogen-bond acceptors (Lipinski definition) is 0. The second kappa shape index (κ2) is 12.1. The molecule has 9 rings (SSSR count). The van der Waals surface area contributed by atoms with E-state index in [1.54, 1.807) is 0 Å². The lowest BCUT2D eigenvalue weighted by molar-refractivity contribution is 0.661. The van der Waals surface area contributed by atoms with Crippen molar-refractivity contribution in [3.63, 3.8) is 0 Å². The molecular formula is C52H42. The Kier molecular flexibility index (Phi) is 7.42. The lowest BCUT2D eigenvalue weighted by Crippen LogP contribution is -2.15. The molecule has 0 saturated heterocycles. The fraction of sp³-hybridized carbons (Fsp3) is 0.115. The average Bonchev–Trinajstić information content (AvgIpc) is 3.39. The number of hydrogen-bond donors (Lipinski definition) is 0. The predicted octanol–water partition coefficient (Wildman–Crippen LogP) is 14.8. The summed E-state index contributed by atoms with van der Waals surface area (Å²) in [4.78, 5) is 0. The van der Waals surface area contributed by atoms with Crippen molar-refractivity contribution in [1.82, 2.24) is 0 Å². The minimum absolute atomic E-state index is 0.125. The molecule has 1 aliphatic carbocycles. The second-order valence-electron chi connectivity index (χ2n) is 15.0. The van der Waals surface area contributed by atoms with Crippen LogP contribution in [0, 0.1) is 13.8 Å². The summed E-state index contributed by atoms with van der Waals surface area (Å²) in [5.74, 6) is 0. The van der Waals surface area contributed by atoms with Crippen LogP contribution in [0.4, 0.5) is 0 Å². The molecular weight excluding hydrogens is 625 g/mol. The van der Waals surface area contributed by atoms with Gasteiger partial charge in [-0.05, 0) is 155 Å². The zero-order valence-corrected chi connectivity index (χ0v) is 30.6. The van der Waals surface area contributed by atoms with Gasteiger partial charge in [0.15, 0.2) is 0 Å². The molecule has 0 amide bonds. The van der Waals surface area contributed by atoms with Crippen molar-refractivity contribution in [2.24, 2.45) is 0 Å². The van der Waals surface area contributed by atoms with Crippen LogP contribution in [0.3, 0.4) is 0 Å². The van der Waals surface area contributed by atoms with Crippen molar-refractivity contribution < 1.29 is 0 Å². The lowest BCUT2D eigenvalue weighted by Gasteiger charge is -2.23. The first kappa shape index (κ1) is 32.0. The Bertz CT molecular complexity index is 2850. The van der Waals surface area contributed by atoms with Gasteiger partial charge in [-0.3, -0.25) is 0 Å². The summed E-state index contributed by atoms with van der Waals surface area (Å²) in [5, 5.41) is 10.3. The van der Waals surface area contributed by atoms with E-state index in [4.69, 9.17) is 0 Å². The van der Waals surface area contributed by atoms with Gasteiger partial charge < -0.3 is 0 Å². The van der Waals surface area contributed by atoms with Crippen LogP contribution in [0.1, 0.15) is 54.2 Å². The summed E-state index contributed by atoms with van der Waals surface area (Å²) in [7, 11) is 0. The van der Waals surface area contributed by atoms with E-state index in [0.717, 1.165) is 0 Å². The number of fused-ring (bicyclic) bond motifs is 9. The van der Waals surface area contributed by atoms with Gasteiger partial charge >= 0.3 is 0 Å². The molecule has 0 nitrogen and oxygen atoms in total. The molecule has 250 valence electrons. The normalized spacial score (nSPS) is 13.6. The summed E-state index contributed by atoms with van der Waals surface area (Å²) < 4.78 is 0. The molecule has 0 aliphatic heterocycles. The topological polar surface area (TPSA) is 0 Å². The van der Waals surface area contributed by atoms with Crippen molar-refractivity contribution in [2.45, 2.75) is 40.0 Å². The van der Waals surface area contributed by atoms with E-state index in [1.165, 1.54) is 110 Å². The van der Waals surface area contributed by atoms with Crippen LogP contribution < -0.4 is 0 Å². The second-order valence-corrected chi connectivity index (χ2v) is 15.0. The van der Waals surface area contributed by atoms with E-state index in [-0.39, 0.29) is 5.41 Å². The summed E-state index contributed by atoms with van der Waals surface area (Å²) in [6.45, 7) is 15.2. The van der Waals surface area contributed by atoms with Crippen LogP contribution in [0.5, 0.6) is 0 Å². The van der Waals surface area contributed by atoms with Gasteiger partial charge in [-0.1, -0.05) is 148 Å². The van der Waals surface area contributed by atoms with Crippen LogP contribution >= 0.6 is 0 Å². The Labute approximate surface area is 307 Å². The fourth-order valence-electron chi connectivity index (χ4n) is 8.79. The molecule has 8 aromatic carbocycles. The van der Waals surface area contributed by atoms with Gasteiger partial charge in [-0.15, -0.1) is 0 Å². The number of aryl methyl sites for hydroxylation is 2. The largest absolute Gasteiger partial charge is 0.0991 e. The van der Waals surface area contributed by atoms with Crippen LogP contribution in [-0.4, -0.2) is 0 Å². The Morgan fingerprint density at radius 3 is 1.38 bits per heavy atom. The van der Waals surface area contributed by atoms with E-state index in [0.29, 0.717) is 0 Å². The van der Waals surface area contributed by atoms with Gasteiger partial charge in [0.05, 0.1) is 0 Å². The minimum atomic E-state index is -0.125. The van der Waals surface area contributed by atoms with Crippen molar-refractivity contribution in [1.29, 1.82) is 0 Å². The SMILES string of the molecule is C=C/C=C\c1c(C)ccc2ccc3cc(-c4ccc5c(c4)C(C)(C)c4cc(-c6ccc7c(ccc8ccc(C)c(/C=C\C)c87)c6)ccc4-5)ccc3c12. The summed E-state index contributed by atoms with van der Waals surface area (Å²) in [5.41, 5.74) is 15.5. The Morgan fingerprint density at radius 2 is 0.904 bits per heavy atom. The van der Waals surface area contributed by atoms with E-state index >= 15 is 0 Å². The van der Waals surface area contributed by atoms with E-state index < -0.39 is 0 Å². The highest BCUT2D eigenvalue weighted by Crippen LogP contribution is 2.51. The van der Waals surface area contributed by atoms with E-state index in [2.05, 4.69) is 181 Å². The number of rotatable bonds is 5. The molecule has 1 aliphatic rings. The Balaban J connectivity index is 1.10. The van der Waals surface area contributed by atoms with E-state index in [1.807, 2.05) is 12.2 Å². The highest BCUT2D eigenvalue weighted by atomic mass is 14.4. The standard InChI is InChI=1S/C52H42/c1-7-9-11-43-33(4)13-15-35-17-19-41-29-37(21-25-45(41)51(35)43)39-23-27-47-46-26-22-38(30-48(46)52(5,6)49(47)31-39)36-20-24-44-40(28-36)18-16-34-14-12-32(3)42(10-8-2)50(34)44/h7-31H,1H2,2-6H3/b10-8-,11-9-. The predicted molar refractivity (Wildman–Crippen MR) is 228 cm³/mol. The molecule has 8 aromatic rings. The quantitative estimate of drug-likeness (QED) is 0.127. The molecule has 0 heteroatoms. The van der Waals surface area contributed by atoms with Gasteiger partial charge in [0.1, 0.15) is 0 Å². The highest BCUT2D eigenvalue weighted by molar-refractivity contribution is 6.13. The third kappa shape index (κ3) is 4.89. The highest BCUT2D eigenvalue weighted by Gasteiger charge is 2.36. The zero-order chi connectivity index (χ0) is 35.7. The maximum Gasteiger partial charge on any atom is 0.0159 e. The minimum Gasteiger partial charge on any atom is -0.0991 e. The fourth-order valence-corrected chi connectivity index (χ4v) is 8.79. The molecule has 0 bridgehead atoms. The van der Waals surface area contributed by atoms with Gasteiger partial charge in [0.2, 0.25) is 0 Å². The van der Waals surface area contributed by atoms with Crippen LogP contribution in [0.15, 0.2) is 146 Å². The van der Waals surface area contributed by atoms with Gasteiger partial charge in [-0.25, -0.2) is 0 Å². The molecule has 0 atom stereocenters. The van der Waals surface area contributed by atoms with E-state index in [9.17, 15) is 0 Å². The summed E-state index contributed by atoms with van der Waals surface area (Å²) >= 11 is 0. The van der Waals surface area contributed by atoms with Crippen LogP contribution in [0.2, 0.25) is 0 Å². The molecule has 0 heterocycles. The third-order valence-electron chi connectivity index (χ3n) is 11.6. The molecule has 0 saturated carbocycles. The Morgan fingerprint density at radius 1 is 0.481 bits per heavy atom. The van der Waals surface area contributed by atoms with Gasteiger partial charge in [0.25, 0.3) is 0 Å². The van der Waals surface area contributed by atoms with Gasteiger partial charge in [-0.2, -0.15) is 0 Å². The van der Waals surface area contributed by atoms with Crippen molar-refractivity contribution in [3.8, 4) is 33.4 Å². The molecule has 0 fully saturated rings. The third-order valence-corrected chi connectivity index (χ3v) is 11.6. The molecule has 52 heavy (non-hydrogen) atoms. The first-order valence-electron chi connectivity index (χ1n) is 18.4. The molecule has 0 aromatic heterocycles. The van der Waals surface area contributed by atoms with Crippen LogP contribution in [-0.2, 0) is 5.41 Å². The molecule has 0 radical (unpaired) electrons. The summed E-state index contributed by atoms with van der Waals surface area (Å²) in [6.07, 6.45) is 10.5. The zero-order valence-electron chi connectivity index (χ0n) is 30.6. The number of allylic oxidation sites excluding steroid dienone is 3. The monoisotopic (exact) mass is 666 g/mol. The average molecular weight is 667 g/mol. The summed E-state index contributed by atoms with van der Waals surface area (Å²) in [6, 6.07) is 46.1. The first-order valence-corrected chi connectivity index (χ1v) is 18.4. The van der Waals surface area contributed by atoms with Crippen molar-refractivity contribution in [3.05, 3.63) is 180 Å². The van der Waals surface area contributed by atoms with Gasteiger partial charge in [0, 0.05) is 5.41 Å². The lowest BCUT2D eigenvalue weighted by atomic mass is 9.80. The first-order chi connectivity index (χ1) is 25.3. The van der Waals surface area contributed by atoms with Crippen molar-refractivity contribution >= 4 is 55.2 Å². The van der Waals surface area contributed by atoms with Crippen molar-refractivity contribution in [2.75, 3.05) is 0 Å².